The molecule has 0 aliphatic heterocycles. The molecule has 2 rings (SSSR count). The Labute approximate surface area is 122 Å². The highest BCUT2D eigenvalue weighted by molar-refractivity contribution is 7.99. The van der Waals surface area contributed by atoms with Crippen molar-refractivity contribution in [1.29, 1.82) is 0 Å². The normalized spacial score (nSPS) is 17.3. The Bertz CT molecular complexity index is 434. The van der Waals surface area contributed by atoms with Crippen molar-refractivity contribution in [3.8, 4) is 0 Å². The number of aliphatic hydroxyl groups is 1. The van der Waals surface area contributed by atoms with Crippen molar-refractivity contribution < 1.29 is 14.6 Å². The van der Waals surface area contributed by atoms with Gasteiger partial charge in [0.2, 0.25) is 5.16 Å². The molecule has 1 aliphatic carbocycles. The Morgan fingerprint density at radius 3 is 3.00 bits per heavy atom. The number of esters is 1. The number of methoxy groups -OCH3 is 1. The van der Waals surface area contributed by atoms with E-state index in [1.807, 2.05) is 0 Å². The van der Waals surface area contributed by atoms with Gasteiger partial charge in [0, 0.05) is 5.75 Å². The molecular weight excluding hydrogens is 280 g/mol. The van der Waals surface area contributed by atoms with Crippen molar-refractivity contribution in [2.45, 2.75) is 49.9 Å². The zero-order valence-electron chi connectivity index (χ0n) is 11.6. The summed E-state index contributed by atoms with van der Waals surface area (Å²) < 4.78 is 5.97. The number of hydrogen-bond acceptors (Lipinski definition) is 7. The molecule has 20 heavy (non-hydrogen) atoms. The maximum absolute atomic E-state index is 11.2. The molecule has 0 aromatic carbocycles. The number of rotatable bonds is 7. The second kappa shape index (κ2) is 7.58. The number of ether oxygens (including phenoxy) is 1. The van der Waals surface area contributed by atoms with Crippen LogP contribution in [0, 0.1) is 5.92 Å². The molecular formula is C12H20N4O3S. The van der Waals surface area contributed by atoms with Crippen LogP contribution in [0.4, 0.5) is 0 Å². The standard InChI is InChI=1S/C12H20N4O3S/c1-19-11(18)7-16-12(13-14-15-16)20-8-10(17)6-9-4-2-3-5-9/h9-10,17H,2-8H2,1H3. The smallest absolute Gasteiger partial charge is 0.327 e. The average molecular weight is 300 g/mol. The van der Waals surface area contributed by atoms with Crippen LogP contribution in [0.15, 0.2) is 5.16 Å². The largest absolute Gasteiger partial charge is 0.468 e. The molecule has 0 amide bonds. The number of thioether (sulfide) groups is 1. The lowest BCUT2D eigenvalue weighted by Crippen LogP contribution is -2.16. The lowest BCUT2D eigenvalue weighted by atomic mass is 10.0. The third-order valence-electron chi connectivity index (χ3n) is 3.49. The van der Waals surface area contributed by atoms with E-state index in [1.165, 1.54) is 49.2 Å². The minimum atomic E-state index is -0.398. The number of aromatic nitrogens is 4. The zero-order valence-corrected chi connectivity index (χ0v) is 12.4. The van der Waals surface area contributed by atoms with Crippen LogP contribution < -0.4 is 0 Å². The van der Waals surface area contributed by atoms with Gasteiger partial charge in [0.05, 0.1) is 13.2 Å². The Morgan fingerprint density at radius 2 is 2.30 bits per heavy atom. The Hall–Kier alpha value is -1.15. The highest BCUT2D eigenvalue weighted by Crippen LogP contribution is 2.29. The summed E-state index contributed by atoms with van der Waals surface area (Å²) in [5.41, 5.74) is 0. The van der Waals surface area contributed by atoms with E-state index < -0.39 is 5.97 Å². The summed E-state index contributed by atoms with van der Waals surface area (Å²) in [6, 6.07) is 0. The van der Waals surface area contributed by atoms with Crippen LogP contribution in [0.2, 0.25) is 0 Å². The molecule has 1 saturated carbocycles. The van der Waals surface area contributed by atoms with Crippen molar-refractivity contribution in [2.24, 2.45) is 5.92 Å². The Balaban J connectivity index is 1.78. The second-order valence-electron chi connectivity index (χ2n) is 5.05. The molecule has 8 heteroatoms. The molecule has 0 spiro atoms. The van der Waals surface area contributed by atoms with Crippen LogP contribution in [0.3, 0.4) is 0 Å². The van der Waals surface area contributed by atoms with E-state index in [1.54, 1.807) is 0 Å². The van der Waals surface area contributed by atoms with Crippen LogP contribution in [0.1, 0.15) is 32.1 Å². The van der Waals surface area contributed by atoms with E-state index in [0.717, 1.165) is 6.42 Å². The third-order valence-corrected chi connectivity index (χ3v) is 4.59. The number of tetrazole rings is 1. The molecule has 1 fully saturated rings. The minimum Gasteiger partial charge on any atom is -0.468 e. The van der Waals surface area contributed by atoms with Gasteiger partial charge in [0.25, 0.3) is 0 Å². The summed E-state index contributed by atoms with van der Waals surface area (Å²) in [7, 11) is 1.32. The van der Waals surface area contributed by atoms with E-state index in [-0.39, 0.29) is 12.6 Å². The van der Waals surface area contributed by atoms with Gasteiger partial charge in [0.1, 0.15) is 6.54 Å². The fourth-order valence-electron chi connectivity index (χ4n) is 2.46. The Kier molecular flexibility index (Phi) is 5.78. The molecule has 7 nitrogen and oxygen atoms in total. The lowest BCUT2D eigenvalue weighted by Gasteiger charge is -2.14. The van der Waals surface area contributed by atoms with E-state index in [9.17, 15) is 9.90 Å². The summed E-state index contributed by atoms with van der Waals surface area (Å²) in [5.74, 6) is 0.792. The van der Waals surface area contributed by atoms with E-state index in [2.05, 4.69) is 20.3 Å². The molecule has 1 heterocycles. The van der Waals surface area contributed by atoms with Crippen LogP contribution in [-0.4, -0.2) is 50.2 Å². The number of carbonyl (C=O) groups excluding carboxylic acids is 1. The van der Waals surface area contributed by atoms with Crippen LogP contribution in [0.25, 0.3) is 0 Å². The van der Waals surface area contributed by atoms with E-state index in [4.69, 9.17) is 0 Å². The van der Waals surface area contributed by atoms with Crippen LogP contribution in [-0.2, 0) is 16.1 Å². The molecule has 0 bridgehead atoms. The molecule has 112 valence electrons. The molecule has 1 aromatic heterocycles. The minimum absolute atomic E-state index is 0.00937. The number of aliphatic hydroxyl groups excluding tert-OH is 1. The maximum atomic E-state index is 11.2. The molecule has 1 aliphatic rings. The first-order valence-corrected chi connectivity index (χ1v) is 7.81. The van der Waals surface area contributed by atoms with Gasteiger partial charge in [-0.05, 0) is 22.8 Å². The summed E-state index contributed by atoms with van der Waals surface area (Å²) in [4.78, 5) is 11.2. The molecule has 0 saturated heterocycles. The SMILES string of the molecule is COC(=O)Cn1nnnc1SCC(O)CC1CCCC1. The topological polar surface area (TPSA) is 90.1 Å². The van der Waals surface area contributed by atoms with Crippen molar-refractivity contribution in [3.63, 3.8) is 0 Å². The van der Waals surface area contributed by atoms with E-state index >= 15 is 0 Å². The molecule has 1 atom stereocenters. The van der Waals surface area contributed by atoms with Gasteiger partial charge in [0.15, 0.2) is 0 Å². The lowest BCUT2D eigenvalue weighted by molar-refractivity contribution is -0.141. The number of carbonyl (C=O) groups is 1. The maximum Gasteiger partial charge on any atom is 0.327 e. The highest BCUT2D eigenvalue weighted by atomic mass is 32.2. The van der Waals surface area contributed by atoms with E-state index in [0.29, 0.717) is 16.8 Å². The number of nitrogens with zero attached hydrogens (tertiary/aromatic N) is 4. The first-order valence-electron chi connectivity index (χ1n) is 6.83. The van der Waals surface area contributed by atoms with Gasteiger partial charge >= 0.3 is 5.97 Å². The van der Waals surface area contributed by atoms with Gasteiger partial charge in [-0.15, -0.1) is 5.10 Å². The van der Waals surface area contributed by atoms with Gasteiger partial charge in [-0.2, -0.15) is 0 Å². The van der Waals surface area contributed by atoms with Crippen molar-refractivity contribution >= 4 is 17.7 Å². The zero-order chi connectivity index (χ0) is 14.4. The predicted octanol–water partition coefficient (Wildman–Crippen LogP) is 0.879. The molecule has 0 radical (unpaired) electrons. The summed E-state index contributed by atoms with van der Waals surface area (Å²) in [6.07, 6.45) is 5.49. The monoisotopic (exact) mass is 300 g/mol. The molecule has 1 aromatic rings. The first kappa shape index (κ1) is 15.2. The second-order valence-corrected chi connectivity index (χ2v) is 6.03. The van der Waals surface area contributed by atoms with Gasteiger partial charge in [-0.25, -0.2) is 4.68 Å². The summed E-state index contributed by atoms with van der Waals surface area (Å²) in [6.45, 7) is -0.00937. The van der Waals surface area contributed by atoms with Crippen LogP contribution >= 0.6 is 11.8 Å². The third kappa shape index (κ3) is 4.45. The van der Waals surface area contributed by atoms with Crippen LogP contribution in [0.5, 0.6) is 0 Å². The van der Waals surface area contributed by atoms with Gasteiger partial charge in [-0.3, -0.25) is 4.79 Å². The van der Waals surface area contributed by atoms with Crippen molar-refractivity contribution in [1.82, 2.24) is 20.2 Å². The Morgan fingerprint density at radius 1 is 1.55 bits per heavy atom. The fourth-order valence-corrected chi connectivity index (χ4v) is 3.28. The number of hydrogen-bond donors (Lipinski definition) is 1. The average Bonchev–Trinajstić information content (AvgIpc) is 3.08. The highest BCUT2D eigenvalue weighted by Gasteiger charge is 2.20. The summed E-state index contributed by atoms with van der Waals surface area (Å²) in [5, 5.41) is 21.7. The van der Waals surface area contributed by atoms with Gasteiger partial charge < -0.3 is 9.84 Å². The summed E-state index contributed by atoms with van der Waals surface area (Å²) >= 11 is 1.37. The van der Waals surface area contributed by atoms with Gasteiger partial charge in [-0.1, -0.05) is 37.4 Å². The predicted molar refractivity (Wildman–Crippen MR) is 73.1 cm³/mol. The quantitative estimate of drug-likeness (QED) is 0.590. The fraction of sp³-hybridized carbons (Fsp3) is 0.833. The molecule has 1 unspecified atom stereocenters. The van der Waals surface area contributed by atoms with Crippen molar-refractivity contribution in [3.05, 3.63) is 0 Å². The first-order chi connectivity index (χ1) is 9.69. The molecule has 1 N–H and O–H groups in total. The van der Waals surface area contributed by atoms with Crippen molar-refractivity contribution in [2.75, 3.05) is 12.9 Å².